The molecule has 10 heavy (non-hydrogen) atoms. The van der Waals surface area contributed by atoms with Gasteiger partial charge in [0.25, 0.3) is 0 Å². The monoisotopic (exact) mass is 141 g/mol. The molecule has 0 bridgehead atoms. The van der Waals surface area contributed by atoms with Gasteiger partial charge in [-0.1, -0.05) is 6.08 Å². The van der Waals surface area contributed by atoms with Crippen LogP contribution in [0.15, 0.2) is 11.6 Å². The quantitative estimate of drug-likeness (QED) is 0.555. The summed E-state index contributed by atoms with van der Waals surface area (Å²) in [6.07, 6.45) is 2.60. The first kappa shape index (κ1) is 7.28. The first-order valence-corrected chi connectivity index (χ1v) is 3.36. The minimum atomic E-state index is -0.806. The number of carboxylic acid groups (broad SMARTS) is 1. The molecule has 0 aromatic heterocycles. The van der Waals surface area contributed by atoms with Gasteiger partial charge in [-0.05, 0) is 13.3 Å². The molecule has 0 aromatic carbocycles. The lowest BCUT2D eigenvalue weighted by Crippen LogP contribution is -2.33. The molecule has 0 radical (unpaired) electrons. The second-order valence-electron chi connectivity index (χ2n) is 2.55. The van der Waals surface area contributed by atoms with Crippen LogP contribution in [-0.4, -0.2) is 23.7 Å². The van der Waals surface area contributed by atoms with Crippen molar-refractivity contribution < 1.29 is 9.90 Å². The molecule has 0 fully saturated rings. The van der Waals surface area contributed by atoms with Crippen LogP contribution in [0.1, 0.15) is 13.3 Å². The zero-order valence-electron chi connectivity index (χ0n) is 5.92. The maximum Gasteiger partial charge on any atom is 0.332 e. The largest absolute Gasteiger partial charge is 0.478 e. The predicted octanol–water partition coefficient (Wildman–Crippen LogP) is 0.379. The molecule has 3 heteroatoms. The first-order chi connectivity index (χ1) is 4.70. The number of hydrogen-bond acceptors (Lipinski definition) is 2. The average Bonchev–Trinajstić information content (AvgIpc) is 1.88. The highest BCUT2D eigenvalue weighted by Gasteiger charge is 2.13. The van der Waals surface area contributed by atoms with Crippen LogP contribution < -0.4 is 5.32 Å². The predicted molar refractivity (Wildman–Crippen MR) is 37.8 cm³/mol. The van der Waals surface area contributed by atoms with Crippen LogP contribution in [0.2, 0.25) is 0 Å². The van der Waals surface area contributed by atoms with E-state index in [2.05, 4.69) is 5.32 Å². The highest BCUT2D eigenvalue weighted by atomic mass is 16.4. The van der Waals surface area contributed by atoms with Gasteiger partial charge in [0.1, 0.15) is 0 Å². The third-order valence-corrected chi connectivity index (χ3v) is 1.63. The molecule has 1 unspecified atom stereocenters. The lowest BCUT2D eigenvalue weighted by atomic mass is 10.1. The van der Waals surface area contributed by atoms with Gasteiger partial charge in [0, 0.05) is 18.2 Å². The Morgan fingerprint density at radius 3 is 3.00 bits per heavy atom. The Hall–Kier alpha value is -0.830. The minimum Gasteiger partial charge on any atom is -0.478 e. The summed E-state index contributed by atoms with van der Waals surface area (Å²) in [6, 6.07) is 0.420. The fourth-order valence-electron chi connectivity index (χ4n) is 0.922. The molecule has 1 aliphatic rings. The van der Waals surface area contributed by atoms with Crippen molar-refractivity contribution in [2.75, 3.05) is 6.54 Å². The fourth-order valence-corrected chi connectivity index (χ4v) is 0.922. The van der Waals surface area contributed by atoms with Crippen LogP contribution >= 0.6 is 0 Å². The van der Waals surface area contributed by atoms with Crippen molar-refractivity contribution in [1.82, 2.24) is 5.32 Å². The second kappa shape index (κ2) is 2.84. The van der Waals surface area contributed by atoms with Crippen molar-refractivity contribution in [3.8, 4) is 0 Å². The summed E-state index contributed by atoms with van der Waals surface area (Å²) in [5, 5.41) is 11.6. The van der Waals surface area contributed by atoms with Crippen LogP contribution in [0.3, 0.4) is 0 Å². The molecular weight excluding hydrogens is 130 g/mol. The molecule has 0 aliphatic carbocycles. The average molecular weight is 141 g/mol. The highest BCUT2D eigenvalue weighted by Crippen LogP contribution is 2.05. The van der Waals surface area contributed by atoms with Gasteiger partial charge in [-0.2, -0.15) is 0 Å². The Kier molecular flexibility index (Phi) is 2.06. The lowest BCUT2D eigenvalue weighted by molar-refractivity contribution is -0.132. The van der Waals surface area contributed by atoms with E-state index in [1.807, 2.05) is 6.92 Å². The van der Waals surface area contributed by atoms with E-state index in [0.717, 1.165) is 6.42 Å². The van der Waals surface area contributed by atoms with Crippen LogP contribution in [-0.2, 0) is 4.79 Å². The molecule has 1 atom stereocenters. The smallest absolute Gasteiger partial charge is 0.332 e. The summed E-state index contributed by atoms with van der Waals surface area (Å²) in [4.78, 5) is 10.4. The summed E-state index contributed by atoms with van der Waals surface area (Å²) >= 11 is 0. The van der Waals surface area contributed by atoms with Gasteiger partial charge in [0.05, 0.1) is 0 Å². The van der Waals surface area contributed by atoms with E-state index in [-0.39, 0.29) is 0 Å². The molecule has 1 rings (SSSR count). The summed E-state index contributed by atoms with van der Waals surface area (Å²) in [5.41, 5.74) is 0.484. The van der Waals surface area contributed by atoms with Gasteiger partial charge in [-0.25, -0.2) is 4.79 Å². The van der Waals surface area contributed by atoms with Gasteiger partial charge in [0.2, 0.25) is 0 Å². The van der Waals surface area contributed by atoms with E-state index in [1.54, 1.807) is 6.08 Å². The third-order valence-electron chi connectivity index (χ3n) is 1.63. The van der Waals surface area contributed by atoms with Gasteiger partial charge in [-0.3, -0.25) is 0 Å². The van der Waals surface area contributed by atoms with Crippen molar-refractivity contribution >= 4 is 5.97 Å². The van der Waals surface area contributed by atoms with Crippen LogP contribution in [0, 0.1) is 0 Å². The maximum absolute atomic E-state index is 10.4. The number of nitrogens with one attached hydrogen (secondary N) is 1. The topological polar surface area (TPSA) is 49.3 Å². The van der Waals surface area contributed by atoms with E-state index in [1.165, 1.54) is 0 Å². The molecule has 0 amide bonds. The number of aliphatic carboxylic acids is 1. The molecule has 3 nitrogen and oxygen atoms in total. The molecule has 1 aliphatic heterocycles. The number of rotatable bonds is 1. The van der Waals surface area contributed by atoms with E-state index < -0.39 is 5.97 Å². The minimum absolute atomic E-state index is 0.420. The summed E-state index contributed by atoms with van der Waals surface area (Å²) in [6.45, 7) is 2.53. The zero-order chi connectivity index (χ0) is 7.56. The number of carbonyl (C=O) groups is 1. The molecule has 56 valence electrons. The first-order valence-electron chi connectivity index (χ1n) is 3.36. The summed E-state index contributed by atoms with van der Waals surface area (Å²) < 4.78 is 0. The zero-order valence-corrected chi connectivity index (χ0v) is 5.92. The molecule has 0 saturated heterocycles. The summed E-state index contributed by atoms with van der Waals surface area (Å²) in [7, 11) is 0. The Bertz CT molecular complexity index is 174. The molecule has 2 N–H and O–H groups in total. The lowest BCUT2D eigenvalue weighted by Gasteiger charge is -2.17. The van der Waals surface area contributed by atoms with E-state index in [4.69, 9.17) is 5.11 Å². The van der Waals surface area contributed by atoms with Crippen LogP contribution in [0.5, 0.6) is 0 Å². The number of hydrogen-bond donors (Lipinski definition) is 2. The van der Waals surface area contributed by atoms with Crippen molar-refractivity contribution in [3.05, 3.63) is 11.6 Å². The molecular formula is C7H11NO2. The normalized spacial score (nSPS) is 25.7. The van der Waals surface area contributed by atoms with Crippen molar-refractivity contribution in [3.63, 3.8) is 0 Å². The van der Waals surface area contributed by atoms with Crippen molar-refractivity contribution in [1.29, 1.82) is 0 Å². The van der Waals surface area contributed by atoms with Crippen molar-refractivity contribution in [2.45, 2.75) is 19.4 Å². The van der Waals surface area contributed by atoms with Crippen molar-refractivity contribution in [2.24, 2.45) is 0 Å². The highest BCUT2D eigenvalue weighted by molar-refractivity contribution is 5.87. The molecule has 0 saturated carbocycles. The van der Waals surface area contributed by atoms with E-state index in [9.17, 15) is 4.79 Å². The third kappa shape index (κ3) is 1.57. The molecule has 0 spiro atoms. The summed E-state index contributed by atoms with van der Waals surface area (Å²) in [5.74, 6) is -0.806. The van der Waals surface area contributed by atoms with E-state index >= 15 is 0 Å². The fraction of sp³-hybridized carbons (Fsp3) is 0.571. The maximum atomic E-state index is 10.4. The Labute approximate surface area is 59.7 Å². The molecule has 0 aromatic rings. The Morgan fingerprint density at radius 1 is 1.90 bits per heavy atom. The van der Waals surface area contributed by atoms with Crippen LogP contribution in [0.4, 0.5) is 0 Å². The van der Waals surface area contributed by atoms with Gasteiger partial charge >= 0.3 is 5.97 Å². The Balaban J connectivity index is 2.56. The van der Waals surface area contributed by atoms with E-state index in [0.29, 0.717) is 18.2 Å². The Morgan fingerprint density at radius 2 is 2.60 bits per heavy atom. The van der Waals surface area contributed by atoms with Gasteiger partial charge in [-0.15, -0.1) is 0 Å². The van der Waals surface area contributed by atoms with Crippen LogP contribution in [0.25, 0.3) is 0 Å². The van der Waals surface area contributed by atoms with Gasteiger partial charge < -0.3 is 10.4 Å². The molecule has 1 heterocycles. The van der Waals surface area contributed by atoms with Gasteiger partial charge in [0.15, 0.2) is 0 Å². The standard InChI is InChI=1S/C7H11NO2/c1-5-2-3-6(4-8-5)7(9)10/h3,5,8H,2,4H2,1H3,(H,9,10). The SMILES string of the molecule is CC1CC=C(C(=O)O)CN1. The number of carboxylic acids is 1. The second-order valence-corrected chi connectivity index (χ2v) is 2.55.